The molecule has 132 valence electrons. The van der Waals surface area contributed by atoms with Crippen LogP contribution >= 0.6 is 11.8 Å². The molecule has 23 heavy (non-hydrogen) atoms. The van der Waals surface area contributed by atoms with Crippen LogP contribution in [0.5, 0.6) is 0 Å². The van der Waals surface area contributed by atoms with E-state index in [-0.39, 0.29) is 6.10 Å². The van der Waals surface area contributed by atoms with E-state index in [9.17, 15) is 0 Å². The Balaban J connectivity index is 1.81. The van der Waals surface area contributed by atoms with E-state index < -0.39 is 5.79 Å². The van der Waals surface area contributed by atoms with Crippen molar-refractivity contribution in [1.82, 2.24) is 9.55 Å². The average molecular weight is 341 g/mol. The van der Waals surface area contributed by atoms with Crippen molar-refractivity contribution in [2.24, 2.45) is 0 Å². The predicted octanol–water partition coefficient (Wildman–Crippen LogP) is 4.50. The van der Waals surface area contributed by atoms with Crippen LogP contribution in [0.4, 0.5) is 0 Å². The molecule has 2 rings (SSSR count). The van der Waals surface area contributed by atoms with Crippen LogP contribution in [0.3, 0.4) is 0 Å². The molecule has 0 N–H and O–H groups in total. The van der Waals surface area contributed by atoms with Gasteiger partial charge in [0.2, 0.25) is 0 Å². The van der Waals surface area contributed by atoms with Gasteiger partial charge in [0.05, 0.1) is 25.6 Å². The number of hydrogen-bond acceptors (Lipinski definition) is 4. The third-order valence-corrected chi connectivity index (χ3v) is 5.44. The van der Waals surface area contributed by atoms with Crippen LogP contribution in [0.25, 0.3) is 0 Å². The largest absolute Gasteiger partial charge is 0.345 e. The quantitative estimate of drug-likeness (QED) is 0.525. The van der Waals surface area contributed by atoms with Crippen LogP contribution in [0, 0.1) is 0 Å². The Morgan fingerprint density at radius 1 is 1.22 bits per heavy atom. The molecule has 0 bridgehead atoms. The van der Waals surface area contributed by atoms with Crippen LogP contribution in [-0.4, -0.2) is 39.6 Å². The van der Waals surface area contributed by atoms with Gasteiger partial charge in [-0.05, 0) is 18.6 Å². The maximum absolute atomic E-state index is 6.38. The van der Waals surface area contributed by atoms with Gasteiger partial charge in [0.1, 0.15) is 0 Å². The second kappa shape index (κ2) is 10.4. The first kappa shape index (κ1) is 18.8. The third kappa shape index (κ3) is 6.48. The Morgan fingerprint density at radius 2 is 2.04 bits per heavy atom. The van der Waals surface area contributed by atoms with Gasteiger partial charge in [-0.2, -0.15) is 11.8 Å². The second-order valence-electron chi connectivity index (χ2n) is 6.44. The molecule has 0 saturated carbocycles. The van der Waals surface area contributed by atoms with Crippen molar-refractivity contribution < 1.29 is 9.47 Å². The molecule has 1 saturated heterocycles. The summed E-state index contributed by atoms with van der Waals surface area (Å²) in [7, 11) is 0. The second-order valence-corrected chi connectivity index (χ2v) is 7.59. The van der Waals surface area contributed by atoms with E-state index in [1.165, 1.54) is 37.9 Å². The summed E-state index contributed by atoms with van der Waals surface area (Å²) in [6.07, 6.45) is 14.4. The lowest BCUT2D eigenvalue weighted by atomic mass is 10.1. The first-order valence-electron chi connectivity index (χ1n) is 9.13. The lowest BCUT2D eigenvalue weighted by Gasteiger charge is -2.28. The van der Waals surface area contributed by atoms with E-state index in [1.54, 1.807) is 0 Å². The number of unbranched alkanes of at least 4 members (excludes halogenated alkanes) is 4. The highest BCUT2D eigenvalue weighted by molar-refractivity contribution is 7.99. The zero-order valence-electron chi connectivity index (χ0n) is 14.7. The van der Waals surface area contributed by atoms with Gasteiger partial charge in [0.15, 0.2) is 5.79 Å². The average Bonchev–Trinajstić information content (AvgIpc) is 3.18. The molecule has 1 aliphatic heterocycles. The summed E-state index contributed by atoms with van der Waals surface area (Å²) in [5.74, 6) is 1.83. The smallest absolute Gasteiger partial charge is 0.186 e. The maximum Gasteiger partial charge on any atom is 0.186 e. The van der Waals surface area contributed by atoms with Crippen LogP contribution < -0.4 is 0 Å². The van der Waals surface area contributed by atoms with Gasteiger partial charge in [-0.15, -0.1) is 0 Å². The monoisotopic (exact) mass is 340 g/mol. The molecular formula is C18H32N2O2S. The molecular weight excluding hydrogens is 308 g/mol. The van der Waals surface area contributed by atoms with Crippen molar-refractivity contribution in [2.75, 3.05) is 18.1 Å². The molecule has 0 aliphatic carbocycles. The van der Waals surface area contributed by atoms with E-state index >= 15 is 0 Å². The summed E-state index contributed by atoms with van der Waals surface area (Å²) in [5, 5.41) is 0. The number of ether oxygens (including phenoxy) is 2. The lowest BCUT2D eigenvalue weighted by Crippen LogP contribution is -2.36. The molecule has 0 spiro atoms. The molecule has 5 heteroatoms. The highest BCUT2D eigenvalue weighted by Gasteiger charge is 2.41. The molecule has 0 radical (unpaired) electrons. The Kier molecular flexibility index (Phi) is 8.48. The van der Waals surface area contributed by atoms with Crippen molar-refractivity contribution in [2.45, 2.75) is 77.2 Å². The minimum absolute atomic E-state index is 0.228. The number of rotatable bonds is 12. The van der Waals surface area contributed by atoms with Gasteiger partial charge >= 0.3 is 0 Å². The molecule has 1 fully saturated rings. The number of nitrogens with zero attached hydrogens (tertiary/aromatic N) is 2. The summed E-state index contributed by atoms with van der Waals surface area (Å²) >= 11 is 2.00. The Morgan fingerprint density at radius 3 is 2.78 bits per heavy atom. The number of imidazole rings is 1. The van der Waals surface area contributed by atoms with Crippen LogP contribution in [0.1, 0.15) is 58.8 Å². The highest BCUT2D eigenvalue weighted by atomic mass is 32.2. The zero-order valence-corrected chi connectivity index (χ0v) is 15.5. The summed E-state index contributed by atoms with van der Waals surface area (Å²) in [5.41, 5.74) is 0. The van der Waals surface area contributed by atoms with E-state index in [0.29, 0.717) is 0 Å². The van der Waals surface area contributed by atoms with Crippen molar-refractivity contribution in [3.05, 3.63) is 18.7 Å². The summed E-state index contributed by atoms with van der Waals surface area (Å²) in [4.78, 5) is 4.14. The first-order chi connectivity index (χ1) is 11.3. The lowest BCUT2D eigenvalue weighted by molar-refractivity contribution is -0.181. The molecule has 4 nitrogen and oxygen atoms in total. The van der Waals surface area contributed by atoms with E-state index in [0.717, 1.165) is 31.7 Å². The molecule has 2 atom stereocenters. The predicted molar refractivity (Wildman–Crippen MR) is 96.8 cm³/mol. The zero-order chi connectivity index (χ0) is 16.4. The van der Waals surface area contributed by atoms with Gasteiger partial charge in [0.25, 0.3) is 0 Å². The fraction of sp³-hybridized carbons (Fsp3) is 0.833. The molecule has 0 aromatic carbocycles. The van der Waals surface area contributed by atoms with Crippen LogP contribution in [0.15, 0.2) is 18.7 Å². The number of thioether (sulfide) groups is 1. The number of hydrogen-bond donors (Lipinski definition) is 0. The summed E-state index contributed by atoms with van der Waals surface area (Å²) in [6.45, 7) is 5.95. The summed E-state index contributed by atoms with van der Waals surface area (Å²) < 4.78 is 14.6. The Labute approximate surface area is 145 Å². The third-order valence-electron chi connectivity index (χ3n) is 4.25. The van der Waals surface area contributed by atoms with E-state index in [1.807, 2.05) is 30.5 Å². The Hall–Kier alpha value is -0.520. The van der Waals surface area contributed by atoms with E-state index in [2.05, 4.69) is 23.4 Å². The van der Waals surface area contributed by atoms with Crippen LogP contribution in [-0.2, 0) is 16.0 Å². The van der Waals surface area contributed by atoms with Gasteiger partial charge in [-0.3, -0.25) is 0 Å². The standard InChI is InChI=1S/C18H32N2O2S/c1-3-5-7-9-18(15-20-11-10-19-16-20)21-13-17(22-18)14-23-12-8-6-4-2/h10-11,16-17H,3-9,12-15H2,1-2H3. The van der Waals surface area contributed by atoms with Gasteiger partial charge in [0, 0.05) is 24.6 Å². The SMILES string of the molecule is CCCCCSCC1COC(CCCCC)(Cn2ccnc2)O1. The maximum atomic E-state index is 6.38. The minimum atomic E-state index is -0.454. The molecule has 2 heterocycles. The fourth-order valence-corrected chi connectivity index (χ4v) is 3.97. The van der Waals surface area contributed by atoms with E-state index in [4.69, 9.17) is 9.47 Å². The molecule has 1 aromatic heterocycles. The van der Waals surface area contributed by atoms with Crippen molar-refractivity contribution in [3.8, 4) is 0 Å². The fourth-order valence-electron chi connectivity index (χ4n) is 2.96. The van der Waals surface area contributed by atoms with Gasteiger partial charge < -0.3 is 14.0 Å². The topological polar surface area (TPSA) is 36.3 Å². The molecule has 1 aliphatic rings. The normalized spacial score (nSPS) is 24.3. The highest BCUT2D eigenvalue weighted by Crippen LogP contribution is 2.32. The number of aromatic nitrogens is 2. The molecule has 1 aromatic rings. The van der Waals surface area contributed by atoms with Crippen molar-refractivity contribution in [3.63, 3.8) is 0 Å². The minimum Gasteiger partial charge on any atom is -0.345 e. The summed E-state index contributed by atoms with van der Waals surface area (Å²) in [6, 6.07) is 0. The van der Waals surface area contributed by atoms with Gasteiger partial charge in [-0.25, -0.2) is 4.98 Å². The van der Waals surface area contributed by atoms with Crippen molar-refractivity contribution >= 4 is 11.8 Å². The molecule has 0 amide bonds. The first-order valence-corrected chi connectivity index (χ1v) is 10.3. The van der Waals surface area contributed by atoms with Crippen molar-refractivity contribution in [1.29, 1.82) is 0 Å². The van der Waals surface area contributed by atoms with Crippen LogP contribution in [0.2, 0.25) is 0 Å². The Bertz CT molecular complexity index is 413. The van der Waals surface area contributed by atoms with Gasteiger partial charge in [-0.1, -0.05) is 39.5 Å². The molecule has 2 unspecified atom stereocenters.